The van der Waals surface area contributed by atoms with Crippen molar-refractivity contribution in [3.8, 4) is 0 Å². The number of rotatable bonds is 5. The van der Waals surface area contributed by atoms with Crippen molar-refractivity contribution >= 4 is 29.2 Å². The maximum absolute atomic E-state index is 14.1. The highest BCUT2D eigenvalue weighted by atomic mass is 35.5. The number of benzene rings is 1. The second kappa shape index (κ2) is 14.8. The standard InChI is InChI=1S/C39H58ClN3O6/c1-23-15-14-16-31(46-13)38(9)21-30(47-27(5)41-38)25(3)35-39(10,49-35)32(48-36(45)26(4)42(11)22-37(6,7)8)20-33(44)43(12)29-19-28(17-23)18-24(2)34(29)40/h14-16,18-19,25-26,30-32,35,41H,5,17,20-22H2,1-4,6-13H3/b16-14+,23-15+/t25-,26+,30+,31-,32+,35+,38-,39+/m1/s1. The van der Waals surface area contributed by atoms with Gasteiger partial charge in [0.05, 0.1) is 34.9 Å². The molecule has 0 saturated carbocycles. The minimum Gasteiger partial charge on any atom is -0.476 e. The Hall–Kier alpha value is -2.85. The molecule has 3 heterocycles. The Morgan fingerprint density at radius 3 is 2.57 bits per heavy atom. The Bertz CT molecular complexity index is 1490. The van der Waals surface area contributed by atoms with Crippen molar-refractivity contribution < 1.29 is 28.5 Å². The highest BCUT2D eigenvalue weighted by molar-refractivity contribution is 6.34. The Morgan fingerprint density at radius 2 is 1.94 bits per heavy atom. The predicted octanol–water partition coefficient (Wildman–Crippen LogP) is 6.76. The third-order valence-electron chi connectivity index (χ3n) is 10.3. The van der Waals surface area contributed by atoms with E-state index in [1.165, 1.54) is 0 Å². The molecule has 1 amide bonds. The van der Waals surface area contributed by atoms with Crippen LogP contribution in [0.5, 0.6) is 0 Å². The molecule has 1 N–H and O–H groups in total. The molecule has 0 spiro atoms. The van der Waals surface area contributed by atoms with Crippen LogP contribution in [0.2, 0.25) is 5.02 Å². The Morgan fingerprint density at radius 1 is 1.27 bits per heavy atom. The summed E-state index contributed by atoms with van der Waals surface area (Å²) in [5, 5.41) is 3.94. The van der Waals surface area contributed by atoms with E-state index >= 15 is 0 Å². The number of halogens is 1. The number of aryl methyl sites for hydroxylation is 1. The van der Waals surface area contributed by atoms with E-state index in [1.54, 1.807) is 19.1 Å². The molecule has 3 aliphatic rings. The first-order valence-corrected chi connectivity index (χ1v) is 17.7. The van der Waals surface area contributed by atoms with Crippen molar-refractivity contribution in [3.63, 3.8) is 0 Å². The number of fused-ring (bicyclic) bond motifs is 5. The predicted molar refractivity (Wildman–Crippen MR) is 196 cm³/mol. The maximum Gasteiger partial charge on any atom is 0.323 e. The van der Waals surface area contributed by atoms with Gasteiger partial charge in [0.25, 0.3) is 0 Å². The van der Waals surface area contributed by atoms with Gasteiger partial charge in [-0.15, -0.1) is 0 Å². The lowest BCUT2D eigenvalue weighted by atomic mass is 9.79. The fourth-order valence-corrected chi connectivity index (χ4v) is 7.60. The van der Waals surface area contributed by atoms with Gasteiger partial charge in [0.1, 0.15) is 23.9 Å². The Balaban J connectivity index is 1.76. The van der Waals surface area contributed by atoms with Crippen LogP contribution >= 0.6 is 11.6 Å². The fraction of sp³-hybridized carbons (Fsp3) is 0.641. The van der Waals surface area contributed by atoms with Crippen LogP contribution < -0.4 is 10.2 Å². The highest BCUT2D eigenvalue weighted by Gasteiger charge is 2.64. The van der Waals surface area contributed by atoms with E-state index in [4.69, 9.17) is 30.5 Å². The van der Waals surface area contributed by atoms with Crippen molar-refractivity contribution in [1.29, 1.82) is 0 Å². The number of anilines is 1. The van der Waals surface area contributed by atoms with Crippen LogP contribution in [-0.4, -0.2) is 86.1 Å². The van der Waals surface area contributed by atoms with Crippen molar-refractivity contribution in [2.45, 2.75) is 123 Å². The van der Waals surface area contributed by atoms with Crippen LogP contribution in [-0.2, 0) is 35.0 Å². The van der Waals surface area contributed by atoms with E-state index < -0.39 is 29.3 Å². The summed E-state index contributed by atoms with van der Waals surface area (Å²) in [6.45, 7) is 23.2. The van der Waals surface area contributed by atoms with E-state index in [0.29, 0.717) is 36.0 Å². The summed E-state index contributed by atoms with van der Waals surface area (Å²) in [5.41, 5.74) is 2.19. The van der Waals surface area contributed by atoms with Crippen LogP contribution in [0.4, 0.5) is 5.69 Å². The van der Waals surface area contributed by atoms with Crippen LogP contribution in [0.3, 0.4) is 0 Å². The van der Waals surface area contributed by atoms with Gasteiger partial charge in [-0.05, 0) is 77.3 Å². The first-order valence-electron chi connectivity index (χ1n) is 17.3. The van der Waals surface area contributed by atoms with Crippen molar-refractivity contribution in [2.75, 3.05) is 32.6 Å². The molecule has 4 rings (SSSR count). The SMILES string of the molecule is C=C1N[C@]2(C)C[C@H](O1)[C@@H](C)[C@@H]1O[C@@]1(C)[C@@H](OC(=O)[C@H](C)N(C)CC(C)(C)C)CC(=O)N(C)c1cc(cc(C)c1Cl)C/C(C)=C/C=C/[C@H]2OC. The lowest BCUT2D eigenvalue weighted by molar-refractivity contribution is -0.159. The number of likely N-dealkylation sites (N-methyl/N-ethyl adjacent to an activating group) is 1. The zero-order valence-corrected chi connectivity index (χ0v) is 32.4. The molecule has 0 aliphatic carbocycles. The molecule has 0 unspecified atom stereocenters. The summed E-state index contributed by atoms with van der Waals surface area (Å²) in [6.07, 6.45) is 5.62. The van der Waals surface area contributed by atoms with Crippen LogP contribution in [0, 0.1) is 18.3 Å². The number of methoxy groups -OCH3 is 1. The molecular formula is C39H58ClN3O6. The number of hydrogen-bond donors (Lipinski definition) is 1. The quantitative estimate of drug-likeness (QED) is 0.267. The molecule has 2 fully saturated rings. The molecule has 10 heteroatoms. The Kier molecular flexibility index (Phi) is 11.8. The van der Waals surface area contributed by atoms with Gasteiger partial charge in [-0.2, -0.15) is 0 Å². The first kappa shape index (κ1) is 38.9. The van der Waals surface area contributed by atoms with Crippen molar-refractivity contribution in [2.24, 2.45) is 11.3 Å². The molecule has 3 aliphatic heterocycles. The minimum atomic E-state index is -0.925. The highest BCUT2D eigenvalue weighted by Crippen LogP contribution is 2.49. The van der Waals surface area contributed by atoms with Crippen molar-refractivity contribution in [3.05, 3.63) is 64.5 Å². The summed E-state index contributed by atoms with van der Waals surface area (Å²) in [6, 6.07) is 3.49. The number of carbonyl (C=O) groups excluding carboxylic acids is 2. The number of amides is 1. The number of hydrogen-bond acceptors (Lipinski definition) is 8. The summed E-state index contributed by atoms with van der Waals surface area (Å²) in [7, 11) is 5.34. The molecule has 8 atom stereocenters. The van der Waals surface area contributed by atoms with Gasteiger partial charge in [0, 0.05) is 33.0 Å². The van der Waals surface area contributed by atoms with Gasteiger partial charge < -0.3 is 29.2 Å². The molecule has 49 heavy (non-hydrogen) atoms. The van der Waals surface area contributed by atoms with Crippen LogP contribution in [0.15, 0.2) is 48.4 Å². The van der Waals surface area contributed by atoms with Crippen LogP contribution in [0.25, 0.3) is 0 Å². The molecule has 0 radical (unpaired) electrons. The molecule has 9 nitrogen and oxygen atoms in total. The first-order chi connectivity index (χ1) is 22.7. The number of esters is 1. The number of carbonyl (C=O) groups is 2. The average molecular weight is 700 g/mol. The number of nitrogens with zero attached hydrogens (tertiary/aromatic N) is 2. The monoisotopic (exact) mass is 699 g/mol. The van der Waals surface area contributed by atoms with E-state index in [9.17, 15) is 9.59 Å². The van der Waals surface area contributed by atoms with Gasteiger partial charge in [0.2, 0.25) is 5.91 Å². The lowest BCUT2D eigenvalue weighted by Crippen LogP contribution is -2.58. The summed E-state index contributed by atoms with van der Waals surface area (Å²) < 4.78 is 25.0. The molecule has 1 aromatic rings. The van der Waals surface area contributed by atoms with Crippen molar-refractivity contribution in [1.82, 2.24) is 10.2 Å². The smallest absolute Gasteiger partial charge is 0.323 e. The molecule has 272 valence electrons. The van der Waals surface area contributed by atoms with E-state index in [2.05, 4.69) is 71.7 Å². The molecule has 1 aromatic carbocycles. The molecule has 4 bridgehead atoms. The largest absolute Gasteiger partial charge is 0.476 e. The fourth-order valence-electron chi connectivity index (χ4n) is 7.36. The number of nitrogens with one attached hydrogen (secondary N) is 1. The topological polar surface area (TPSA) is 92.9 Å². The molecular weight excluding hydrogens is 642 g/mol. The zero-order chi connectivity index (χ0) is 36.6. The summed E-state index contributed by atoms with van der Waals surface area (Å²) >= 11 is 6.82. The van der Waals surface area contributed by atoms with Crippen LogP contribution in [0.1, 0.15) is 79.4 Å². The van der Waals surface area contributed by atoms with Gasteiger partial charge in [-0.3, -0.25) is 14.5 Å². The average Bonchev–Trinajstić information content (AvgIpc) is 3.69. The van der Waals surface area contributed by atoms with Gasteiger partial charge >= 0.3 is 5.97 Å². The molecule has 2 saturated heterocycles. The number of ether oxygens (including phenoxy) is 4. The number of allylic oxidation sites excluding steroid dienone is 3. The van der Waals surface area contributed by atoms with Gasteiger partial charge in [-0.25, -0.2) is 0 Å². The van der Waals surface area contributed by atoms with E-state index in [1.807, 2.05) is 44.9 Å². The third kappa shape index (κ3) is 8.91. The lowest BCUT2D eigenvalue weighted by Gasteiger charge is -2.45. The van der Waals surface area contributed by atoms with Gasteiger partial charge in [-0.1, -0.05) is 69.2 Å². The zero-order valence-electron chi connectivity index (χ0n) is 31.6. The summed E-state index contributed by atoms with van der Waals surface area (Å²) in [4.78, 5) is 31.4. The second-order valence-electron chi connectivity index (χ2n) is 16.1. The molecule has 0 aromatic heterocycles. The van der Waals surface area contributed by atoms with Gasteiger partial charge in [0.15, 0.2) is 5.88 Å². The normalized spacial score (nSPS) is 33.5. The third-order valence-corrected chi connectivity index (χ3v) is 10.8. The number of epoxide rings is 1. The summed E-state index contributed by atoms with van der Waals surface area (Å²) in [5.74, 6) is -0.299. The Labute approximate surface area is 299 Å². The maximum atomic E-state index is 14.1. The van der Waals surface area contributed by atoms with E-state index in [0.717, 1.165) is 16.7 Å². The minimum absolute atomic E-state index is 0.0157. The second-order valence-corrected chi connectivity index (χ2v) is 16.5. The van der Waals surface area contributed by atoms with E-state index in [-0.39, 0.29) is 42.0 Å².